The smallest absolute Gasteiger partial charge is 0.343 e. The summed E-state index contributed by atoms with van der Waals surface area (Å²) in [5.74, 6) is 0.906. The first-order chi connectivity index (χ1) is 15.0. The Morgan fingerprint density at radius 1 is 0.968 bits per heavy atom. The number of methoxy groups -OCH3 is 1. The molecule has 0 N–H and O–H groups in total. The molecule has 0 aromatic heterocycles. The third kappa shape index (κ3) is 6.61. The number of ether oxygens (including phenoxy) is 3. The molecule has 0 saturated carbocycles. The largest absolute Gasteiger partial charge is 0.489 e. The van der Waals surface area contributed by atoms with Crippen molar-refractivity contribution in [3.05, 3.63) is 99.0 Å². The van der Waals surface area contributed by atoms with Crippen molar-refractivity contribution in [1.29, 1.82) is 0 Å². The third-order valence-electron chi connectivity index (χ3n) is 4.57. The maximum atomic E-state index is 11.3. The molecule has 0 fully saturated rings. The van der Waals surface area contributed by atoms with E-state index >= 15 is 0 Å². The van der Waals surface area contributed by atoms with Crippen LogP contribution in [0.25, 0.3) is 5.57 Å². The molecule has 0 aliphatic heterocycles. The minimum Gasteiger partial charge on any atom is -0.489 e. The van der Waals surface area contributed by atoms with Crippen LogP contribution in [0.2, 0.25) is 5.02 Å². The van der Waals surface area contributed by atoms with Crippen LogP contribution in [0.3, 0.4) is 0 Å². The molecule has 3 aromatic carbocycles. The van der Waals surface area contributed by atoms with E-state index in [1.165, 1.54) is 7.11 Å². The molecule has 0 atom stereocenters. The summed E-state index contributed by atoms with van der Waals surface area (Å²) >= 11 is 9.54. The number of hydrogen-bond acceptors (Lipinski definition) is 4. The van der Waals surface area contributed by atoms with E-state index in [0.717, 1.165) is 26.7 Å². The molecule has 160 valence electrons. The average molecular weight is 502 g/mol. The van der Waals surface area contributed by atoms with Crippen molar-refractivity contribution in [3.8, 4) is 11.5 Å². The van der Waals surface area contributed by atoms with Crippen molar-refractivity contribution in [1.82, 2.24) is 0 Å². The number of esters is 1. The lowest BCUT2D eigenvalue weighted by molar-refractivity contribution is -0.142. The van der Waals surface area contributed by atoms with Crippen LogP contribution in [0.4, 0.5) is 0 Å². The Balaban J connectivity index is 1.75. The lowest BCUT2D eigenvalue weighted by Crippen LogP contribution is -2.13. The van der Waals surface area contributed by atoms with Crippen molar-refractivity contribution in [2.45, 2.75) is 6.92 Å². The minimum atomic E-state index is -0.424. The Morgan fingerprint density at radius 3 is 2.23 bits per heavy atom. The third-order valence-corrected chi connectivity index (χ3v) is 5.35. The van der Waals surface area contributed by atoms with Gasteiger partial charge in [-0.3, -0.25) is 0 Å². The van der Waals surface area contributed by atoms with E-state index in [1.807, 2.05) is 61.5 Å². The first-order valence-corrected chi connectivity index (χ1v) is 10.8. The Morgan fingerprint density at radius 2 is 1.61 bits per heavy atom. The maximum Gasteiger partial charge on any atom is 0.343 e. The number of rotatable bonds is 8. The maximum absolute atomic E-state index is 11.3. The SMILES string of the molecule is COC(=O)COc1ccc(OC/C=C(\c2ccc(Cl)cc2)c2ccc(Br)cc2)cc1C. The monoisotopic (exact) mass is 500 g/mol. The highest BCUT2D eigenvalue weighted by Crippen LogP contribution is 2.27. The fourth-order valence-electron chi connectivity index (χ4n) is 2.95. The van der Waals surface area contributed by atoms with Crippen molar-refractivity contribution in [2.24, 2.45) is 0 Å². The number of carbonyl (C=O) groups excluding carboxylic acids is 1. The quantitative estimate of drug-likeness (QED) is 0.332. The number of aryl methyl sites for hydroxylation is 1. The Bertz CT molecular complexity index is 1010. The summed E-state index contributed by atoms with van der Waals surface area (Å²) in [7, 11) is 1.33. The van der Waals surface area contributed by atoms with Gasteiger partial charge in [-0.2, -0.15) is 0 Å². The molecule has 6 heteroatoms. The average Bonchev–Trinajstić information content (AvgIpc) is 2.77. The highest BCUT2D eigenvalue weighted by Gasteiger charge is 2.08. The molecule has 0 amide bonds. The summed E-state index contributed by atoms with van der Waals surface area (Å²) in [5, 5.41) is 0.695. The molecule has 0 heterocycles. The van der Waals surface area contributed by atoms with Gasteiger partial charge in [-0.05, 0) is 77.7 Å². The van der Waals surface area contributed by atoms with Crippen LogP contribution in [0, 0.1) is 6.92 Å². The lowest BCUT2D eigenvalue weighted by atomic mass is 9.98. The molecule has 0 radical (unpaired) electrons. The Labute approximate surface area is 195 Å². The van der Waals surface area contributed by atoms with Crippen molar-refractivity contribution in [2.75, 3.05) is 20.3 Å². The van der Waals surface area contributed by atoms with Crippen LogP contribution in [-0.2, 0) is 9.53 Å². The highest BCUT2D eigenvalue weighted by molar-refractivity contribution is 9.10. The van der Waals surface area contributed by atoms with E-state index in [0.29, 0.717) is 23.1 Å². The van der Waals surface area contributed by atoms with Gasteiger partial charge in [0.05, 0.1) is 7.11 Å². The lowest BCUT2D eigenvalue weighted by Gasteiger charge is -2.12. The second-order valence-corrected chi connectivity index (χ2v) is 8.09. The molecule has 4 nitrogen and oxygen atoms in total. The van der Waals surface area contributed by atoms with Gasteiger partial charge in [0.25, 0.3) is 0 Å². The van der Waals surface area contributed by atoms with E-state index in [2.05, 4.69) is 32.8 Å². The number of hydrogen-bond donors (Lipinski definition) is 0. The van der Waals surface area contributed by atoms with E-state index in [-0.39, 0.29) is 6.61 Å². The molecular weight excluding hydrogens is 480 g/mol. The van der Waals surface area contributed by atoms with Gasteiger partial charge in [-0.25, -0.2) is 4.79 Å². The predicted octanol–water partition coefficient (Wildman–Crippen LogP) is 6.47. The Kier molecular flexibility index (Phi) is 8.15. The van der Waals surface area contributed by atoms with Gasteiger partial charge in [0.15, 0.2) is 6.61 Å². The molecular formula is C25H22BrClO4. The molecule has 0 bridgehead atoms. The molecule has 0 spiro atoms. The molecule has 0 unspecified atom stereocenters. The summed E-state index contributed by atoms with van der Waals surface area (Å²) in [5.41, 5.74) is 4.06. The molecule has 3 aromatic rings. The summed E-state index contributed by atoms with van der Waals surface area (Å²) in [6.45, 7) is 2.16. The zero-order valence-electron chi connectivity index (χ0n) is 17.2. The number of benzene rings is 3. The van der Waals surface area contributed by atoms with Gasteiger partial charge in [-0.1, -0.05) is 51.8 Å². The fourth-order valence-corrected chi connectivity index (χ4v) is 3.34. The van der Waals surface area contributed by atoms with Crippen LogP contribution in [0.5, 0.6) is 11.5 Å². The molecule has 0 aliphatic carbocycles. The van der Waals surface area contributed by atoms with Crippen LogP contribution in [0.15, 0.2) is 77.3 Å². The van der Waals surface area contributed by atoms with Crippen molar-refractivity contribution in [3.63, 3.8) is 0 Å². The standard InChI is InChI=1S/C25H22BrClO4/c1-17-15-22(11-12-24(17)31-16-25(28)29-2)30-14-13-23(18-3-7-20(26)8-4-18)19-5-9-21(27)10-6-19/h3-13,15H,14,16H2,1-2H3/b23-13-. The van der Waals surface area contributed by atoms with Crippen LogP contribution >= 0.6 is 27.5 Å². The number of halogens is 2. The molecule has 0 saturated heterocycles. The van der Waals surface area contributed by atoms with Gasteiger partial charge in [0.2, 0.25) is 0 Å². The molecule has 3 rings (SSSR count). The van der Waals surface area contributed by atoms with E-state index < -0.39 is 5.97 Å². The zero-order valence-corrected chi connectivity index (χ0v) is 19.6. The molecule has 0 aliphatic rings. The van der Waals surface area contributed by atoms with Gasteiger partial charge in [0, 0.05) is 9.50 Å². The van der Waals surface area contributed by atoms with Crippen molar-refractivity contribution < 1.29 is 19.0 Å². The second kappa shape index (κ2) is 11.0. The van der Waals surface area contributed by atoms with Crippen LogP contribution in [0.1, 0.15) is 16.7 Å². The van der Waals surface area contributed by atoms with E-state index in [1.54, 1.807) is 6.07 Å². The predicted molar refractivity (Wildman–Crippen MR) is 127 cm³/mol. The second-order valence-electron chi connectivity index (χ2n) is 6.73. The topological polar surface area (TPSA) is 44.8 Å². The van der Waals surface area contributed by atoms with Crippen LogP contribution < -0.4 is 9.47 Å². The van der Waals surface area contributed by atoms with E-state index in [9.17, 15) is 4.79 Å². The molecule has 31 heavy (non-hydrogen) atoms. The van der Waals surface area contributed by atoms with E-state index in [4.69, 9.17) is 21.1 Å². The Hall–Kier alpha value is -2.76. The van der Waals surface area contributed by atoms with Gasteiger partial charge >= 0.3 is 5.97 Å². The summed E-state index contributed by atoms with van der Waals surface area (Å²) < 4.78 is 17.0. The summed E-state index contributed by atoms with van der Waals surface area (Å²) in [4.78, 5) is 11.3. The fraction of sp³-hybridized carbons (Fsp3) is 0.160. The van der Waals surface area contributed by atoms with Crippen LogP contribution in [-0.4, -0.2) is 26.3 Å². The minimum absolute atomic E-state index is 0.127. The first-order valence-electron chi connectivity index (χ1n) is 9.61. The highest BCUT2D eigenvalue weighted by atomic mass is 79.9. The number of carbonyl (C=O) groups is 1. The van der Waals surface area contributed by atoms with Crippen molar-refractivity contribution >= 4 is 39.1 Å². The van der Waals surface area contributed by atoms with Gasteiger partial charge in [-0.15, -0.1) is 0 Å². The first kappa shape index (κ1) is 22.9. The normalized spacial score (nSPS) is 11.2. The summed E-state index contributed by atoms with van der Waals surface area (Å²) in [6, 6.07) is 21.4. The zero-order chi connectivity index (χ0) is 22.2. The van der Waals surface area contributed by atoms with Gasteiger partial charge < -0.3 is 14.2 Å². The van der Waals surface area contributed by atoms with Gasteiger partial charge in [0.1, 0.15) is 18.1 Å². The summed E-state index contributed by atoms with van der Waals surface area (Å²) in [6.07, 6.45) is 2.05.